The molecule has 20 heavy (non-hydrogen) atoms. The molecule has 0 radical (unpaired) electrons. The van der Waals surface area contributed by atoms with E-state index in [1.165, 1.54) is 12.1 Å². The van der Waals surface area contributed by atoms with Crippen LogP contribution in [-0.2, 0) is 13.2 Å². The van der Waals surface area contributed by atoms with E-state index in [0.29, 0.717) is 11.6 Å². The molecule has 0 saturated carbocycles. The number of rotatable bonds is 5. The topological polar surface area (TPSA) is 32.3 Å². The number of aliphatic hydroxyl groups excluding tert-OH is 1. The second-order valence-electron chi connectivity index (χ2n) is 4.75. The third-order valence-corrected chi connectivity index (χ3v) is 3.54. The molecule has 0 fully saturated rings. The Bertz CT molecular complexity index is 588. The molecule has 1 atom stereocenters. The third-order valence-electron chi connectivity index (χ3n) is 3.22. The smallest absolute Gasteiger partial charge is 0.124 e. The lowest BCUT2D eigenvalue weighted by Gasteiger charge is -2.16. The highest BCUT2D eigenvalue weighted by Gasteiger charge is 2.10. The fourth-order valence-corrected chi connectivity index (χ4v) is 2.40. The minimum atomic E-state index is -0.332. The summed E-state index contributed by atoms with van der Waals surface area (Å²) in [4.78, 5) is 0. The van der Waals surface area contributed by atoms with Crippen LogP contribution in [-0.4, -0.2) is 5.11 Å². The Hall–Kier alpha value is -1.42. The highest BCUT2D eigenvalue weighted by atomic mass is 35.5. The SMILES string of the molecule is CC(NCc1cccc(CO)c1)c1ccc(F)cc1Cl. The first-order valence-electron chi connectivity index (χ1n) is 6.47. The molecule has 0 spiro atoms. The van der Waals surface area contributed by atoms with Gasteiger partial charge in [0.15, 0.2) is 0 Å². The van der Waals surface area contributed by atoms with E-state index in [0.717, 1.165) is 16.7 Å². The number of halogens is 2. The van der Waals surface area contributed by atoms with Crippen molar-refractivity contribution in [3.8, 4) is 0 Å². The van der Waals surface area contributed by atoms with Gasteiger partial charge in [-0.3, -0.25) is 0 Å². The van der Waals surface area contributed by atoms with Crippen molar-refractivity contribution < 1.29 is 9.50 Å². The molecule has 2 rings (SSSR count). The number of hydrogen-bond acceptors (Lipinski definition) is 2. The van der Waals surface area contributed by atoms with Gasteiger partial charge in [-0.1, -0.05) is 41.9 Å². The Morgan fingerprint density at radius 2 is 1.95 bits per heavy atom. The minimum absolute atomic E-state index is 0.0147. The Kier molecular flexibility index (Phi) is 5.12. The summed E-state index contributed by atoms with van der Waals surface area (Å²) in [5, 5.41) is 12.9. The molecular weight excluding hydrogens is 277 g/mol. The van der Waals surface area contributed by atoms with Gasteiger partial charge in [0.2, 0.25) is 0 Å². The normalized spacial score (nSPS) is 12.4. The van der Waals surface area contributed by atoms with Gasteiger partial charge in [-0.2, -0.15) is 0 Å². The molecule has 0 heterocycles. The van der Waals surface area contributed by atoms with E-state index in [2.05, 4.69) is 5.32 Å². The van der Waals surface area contributed by atoms with Gasteiger partial charge in [-0.25, -0.2) is 4.39 Å². The van der Waals surface area contributed by atoms with Gasteiger partial charge < -0.3 is 10.4 Å². The Labute approximate surface area is 123 Å². The van der Waals surface area contributed by atoms with E-state index in [1.807, 2.05) is 31.2 Å². The summed E-state index contributed by atoms with van der Waals surface area (Å²) in [6.45, 7) is 2.67. The molecule has 0 bridgehead atoms. The molecule has 0 aliphatic rings. The molecular formula is C16H17ClFNO. The molecule has 2 nitrogen and oxygen atoms in total. The fourth-order valence-electron chi connectivity index (χ4n) is 2.07. The largest absolute Gasteiger partial charge is 0.392 e. The number of nitrogens with one attached hydrogen (secondary N) is 1. The molecule has 0 aliphatic carbocycles. The molecule has 0 saturated heterocycles. The summed E-state index contributed by atoms with van der Waals surface area (Å²) < 4.78 is 13.0. The maximum absolute atomic E-state index is 13.0. The van der Waals surface area contributed by atoms with E-state index in [9.17, 15) is 4.39 Å². The Morgan fingerprint density at radius 3 is 2.65 bits per heavy atom. The maximum atomic E-state index is 13.0. The van der Waals surface area contributed by atoms with Crippen LogP contribution in [0.25, 0.3) is 0 Å². The standard InChI is InChI=1S/C16H17ClFNO/c1-11(15-6-5-14(18)8-16(15)17)19-9-12-3-2-4-13(7-12)10-20/h2-8,11,19-20H,9-10H2,1H3. The van der Waals surface area contributed by atoms with Gasteiger partial charge in [-0.05, 0) is 35.7 Å². The van der Waals surface area contributed by atoms with Gasteiger partial charge in [0.1, 0.15) is 5.82 Å². The van der Waals surface area contributed by atoms with Crippen LogP contribution in [0.1, 0.15) is 29.7 Å². The van der Waals surface area contributed by atoms with E-state index in [4.69, 9.17) is 16.7 Å². The summed E-state index contributed by atoms with van der Waals surface area (Å²) in [5.74, 6) is -0.332. The van der Waals surface area contributed by atoms with E-state index in [1.54, 1.807) is 6.07 Å². The zero-order valence-corrected chi connectivity index (χ0v) is 12.0. The first-order valence-corrected chi connectivity index (χ1v) is 6.85. The summed E-state index contributed by atoms with van der Waals surface area (Å²) in [6, 6.07) is 12.2. The zero-order chi connectivity index (χ0) is 14.5. The first-order chi connectivity index (χ1) is 9.60. The van der Waals surface area contributed by atoms with Crippen molar-refractivity contribution in [2.75, 3.05) is 0 Å². The molecule has 2 aromatic carbocycles. The van der Waals surface area contributed by atoms with Crippen LogP contribution in [0, 0.1) is 5.82 Å². The van der Waals surface area contributed by atoms with Gasteiger partial charge in [0.25, 0.3) is 0 Å². The highest BCUT2D eigenvalue weighted by molar-refractivity contribution is 6.31. The van der Waals surface area contributed by atoms with E-state index < -0.39 is 0 Å². The highest BCUT2D eigenvalue weighted by Crippen LogP contribution is 2.23. The summed E-state index contributed by atoms with van der Waals surface area (Å²) in [5.41, 5.74) is 2.84. The summed E-state index contributed by atoms with van der Waals surface area (Å²) in [7, 11) is 0. The lowest BCUT2D eigenvalue weighted by molar-refractivity contribution is 0.281. The summed E-state index contributed by atoms with van der Waals surface area (Å²) in [6.07, 6.45) is 0. The van der Waals surface area contributed by atoms with Crippen molar-refractivity contribution in [3.63, 3.8) is 0 Å². The zero-order valence-electron chi connectivity index (χ0n) is 11.2. The van der Waals surface area contributed by atoms with Crippen molar-refractivity contribution >= 4 is 11.6 Å². The molecule has 0 aromatic heterocycles. The Morgan fingerprint density at radius 1 is 1.20 bits per heavy atom. The van der Waals surface area contributed by atoms with Crippen LogP contribution >= 0.6 is 11.6 Å². The lowest BCUT2D eigenvalue weighted by Crippen LogP contribution is -2.18. The van der Waals surface area contributed by atoms with Crippen LogP contribution < -0.4 is 5.32 Å². The maximum Gasteiger partial charge on any atom is 0.124 e. The van der Waals surface area contributed by atoms with Crippen LogP contribution in [0.15, 0.2) is 42.5 Å². The molecule has 0 amide bonds. The first kappa shape index (κ1) is 15.0. The van der Waals surface area contributed by atoms with Gasteiger partial charge >= 0.3 is 0 Å². The summed E-state index contributed by atoms with van der Waals surface area (Å²) >= 11 is 6.04. The van der Waals surface area contributed by atoms with Crippen molar-refractivity contribution in [1.82, 2.24) is 5.32 Å². The van der Waals surface area contributed by atoms with Crippen LogP contribution in [0.5, 0.6) is 0 Å². The van der Waals surface area contributed by atoms with Crippen molar-refractivity contribution in [2.45, 2.75) is 26.1 Å². The van der Waals surface area contributed by atoms with E-state index in [-0.39, 0.29) is 18.5 Å². The Balaban J connectivity index is 2.02. The monoisotopic (exact) mass is 293 g/mol. The molecule has 4 heteroatoms. The van der Waals surface area contributed by atoms with Crippen LogP contribution in [0.3, 0.4) is 0 Å². The third kappa shape index (κ3) is 3.79. The fraction of sp³-hybridized carbons (Fsp3) is 0.250. The average Bonchev–Trinajstić information content (AvgIpc) is 2.45. The lowest BCUT2D eigenvalue weighted by atomic mass is 10.1. The van der Waals surface area contributed by atoms with Gasteiger partial charge in [0.05, 0.1) is 6.61 Å². The molecule has 1 unspecified atom stereocenters. The molecule has 106 valence electrons. The van der Waals surface area contributed by atoms with Crippen molar-refractivity contribution in [2.24, 2.45) is 0 Å². The van der Waals surface area contributed by atoms with Gasteiger partial charge in [-0.15, -0.1) is 0 Å². The minimum Gasteiger partial charge on any atom is -0.392 e. The van der Waals surface area contributed by atoms with E-state index >= 15 is 0 Å². The second-order valence-corrected chi connectivity index (χ2v) is 5.15. The van der Waals surface area contributed by atoms with Crippen molar-refractivity contribution in [3.05, 3.63) is 70.0 Å². The quantitative estimate of drug-likeness (QED) is 0.878. The second kappa shape index (κ2) is 6.84. The van der Waals surface area contributed by atoms with Crippen LogP contribution in [0.4, 0.5) is 4.39 Å². The molecule has 0 aliphatic heterocycles. The predicted molar refractivity (Wildman–Crippen MR) is 79.0 cm³/mol. The average molecular weight is 294 g/mol. The predicted octanol–water partition coefficient (Wildman–Crippen LogP) is 3.82. The number of benzene rings is 2. The van der Waals surface area contributed by atoms with Gasteiger partial charge in [0, 0.05) is 17.6 Å². The molecule has 2 N–H and O–H groups in total. The molecule has 2 aromatic rings. The number of hydrogen-bond donors (Lipinski definition) is 2. The van der Waals surface area contributed by atoms with Crippen molar-refractivity contribution in [1.29, 1.82) is 0 Å². The number of aliphatic hydroxyl groups is 1. The van der Waals surface area contributed by atoms with Crippen LogP contribution in [0.2, 0.25) is 5.02 Å².